The molecule has 4 heteroatoms. The fourth-order valence-electron chi connectivity index (χ4n) is 3.38. The largest absolute Gasteiger partial charge is 0.481 e. The van der Waals surface area contributed by atoms with Crippen LogP contribution >= 0.6 is 0 Å². The molecule has 0 aromatic rings. The summed E-state index contributed by atoms with van der Waals surface area (Å²) in [5.41, 5.74) is -0.946. The monoisotopic (exact) mass is 240 g/mol. The summed E-state index contributed by atoms with van der Waals surface area (Å²) in [5.74, 6) is -0.794. The lowest BCUT2D eigenvalue weighted by molar-refractivity contribution is -0.163. The number of esters is 1. The van der Waals surface area contributed by atoms with Crippen molar-refractivity contribution in [2.24, 2.45) is 10.8 Å². The topological polar surface area (TPSA) is 63.6 Å². The molecule has 0 spiro atoms. The van der Waals surface area contributed by atoms with Gasteiger partial charge in [-0.1, -0.05) is 6.42 Å². The molecule has 0 amide bonds. The number of hydrogen-bond donors (Lipinski definition) is 1. The van der Waals surface area contributed by atoms with Crippen LogP contribution in [-0.4, -0.2) is 23.7 Å². The smallest absolute Gasteiger partial charge is 0.312 e. The summed E-state index contributed by atoms with van der Waals surface area (Å²) in [5, 5.41) is 9.35. The van der Waals surface area contributed by atoms with E-state index in [1.165, 1.54) is 0 Å². The van der Waals surface area contributed by atoms with Gasteiger partial charge in [-0.25, -0.2) is 0 Å². The third-order valence-electron chi connectivity index (χ3n) is 4.64. The van der Waals surface area contributed by atoms with Crippen LogP contribution in [0.3, 0.4) is 0 Å². The van der Waals surface area contributed by atoms with Crippen LogP contribution in [-0.2, 0) is 14.3 Å². The first-order chi connectivity index (χ1) is 8.05. The van der Waals surface area contributed by atoms with Gasteiger partial charge in [-0.05, 0) is 45.4 Å². The van der Waals surface area contributed by atoms with Gasteiger partial charge in [-0.15, -0.1) is 0 Å². The zero-order valence-corrected chi connectivity index (χ0v) is 10.3. The van der Waals surface area contributed by atoms with Crippen molar-refractivity contribution in [3.8, 4) is 0 Å². The number of ether oxygens (including phenoxy) is 1. The van der Waals surface area contributed by atoms with E-state index < -0.39 is 11.4 Å². The van der Waals surface area contributed by atoms with Gasteiger partial charge in [0.15, 0.2) is 0 Å². The molecule has 3 aliphatic carbocycles. The van der Waals surface area contributed by atoms with E-state index in [9.17, 15) is 14.7 Å². The lowest BCUT2D eigenvalue weighted by Crippen LogP contribution is -2.40. The van der Waals surface area contributed by atoms with Gasteiger partial charge in [0, 0.05) is 0 Å². The predicted octanol–water partition coefficient (Wildman–Crippen LogP) is 2.36. The van der Waals surface area contributed by atoms with Gasteiger partial charge in [0.2, 0.25) is 0 Å². The molecule has 0 aromatic heterocycles. The van der Waals surface area contributed by atoms with E-state index in [2.05, 4.69) is 0 Å². The molecule has 0 unspecified atom stereocenters. The molecular formula is C13H20O4. The molecule has 17 heavy (non-hydrogen) atoms. The Labute approximate surface area is 101 Å². The minimum Gasteiger partial charge on any atom is -0.481 e. The van der Waals surface area contributed by atoms with Crippen LogP contribution in [0.15, 0.2) is 0 Å². The highest BCUT2D eigenvalue weighted by Crippen LogP contribution is 2.54. The number of rotatable bonds is 3. The van der Waals surface area contributed by atoms with Gasteiger partial charge in [0.25, 0.3) is 0 Å². The van der Waals surface area contributed by atoms with Crippen molar-refractivity contribution < 1.29 is 19.4 Å². The molecule has 0 aliphatic heterocycles. The third-order valence-corrected chi connectivity index (χ3v) is 4.64. The summed E-state index contributed by atoms with van der Waals surface area (Å²) < 4.78 is 5.16. The van der Waals surface area contributed by atoms with Crippen LogP contribution in [0, 0.1) is 10.8 Å². The molecule has 3 fully saturated rings. The first-order valence-corrected chi connectivity index (χ1v) is 6.45. The summed E-state index contributed by atoms with van der Waals surface area (Å²) in [7, 11) is 0. The SMILES string of the molecule is CCOC(=O)C12CCCC(C(=O)O)(CC1)CC2. The lowest BCUT2D eigenvalue weighted by Gasteiger charge is -2.38. The second-order valence-corrected chi connectivity index (χ2v) is 5.44. The highest BCUT2D eigenvalue weighted by Gasteiger charge is 2.53. The Kier molecular flexibility index (Phi) is 3.15. The van der Waals surface area contributed by atoms with Crippen LogP contribution in [0.2, 0.25) is 0 Å². The van der Waals surface area contributed by atoms with Gasteiger partial charge in [0.1, 0.15) is 0 Å². The summed E-state index contributed by atoms with van der Waals surface area (Å²) in [6.07, 6.45) is 4.94. The van der Waals surface area contributed by atoms with Gasteiger partial charge >= 0.3 is 11.9 Å². The molecule has 4 nitrogen and oxygen atoms in total. The number of carbonyl (C=O) groups is 2. The Morgan fingerprint density at radius 1 is 1.06 bits per heavy atom. The number of fused-ring (bicyclic) bond motifs is 4. The minimum absolute atomic E-state index is 0.110. The molecule has 2 bridgehead atoms. The second-order valence-electron chi connectivity index (χ2n) is 5.44. The standard InChI is InChI=1S/C13H20O4/c1-2-17-11(16)13-5-3-4-12(6-8-13,7-9-13)10(14)15/h2-9H2,1H3,(H,14,15). The minimum atomic E-state index is -0.683. The van der Waals surface area contributed by atoms with Gasteiger partial charge in [0.05, 0.1) is 17.4 Å². The highest BCUT2D eigenvalue weighted by atomic mass is 16.5. The first-order valence-electron chi connectivity index (χ1n) is 6.45. The molecule has 0 saturated heterocycles. The second kappa shape index (κ2) is 4.31. The maximum atomic E-state index is 12.0. The van der Waals surface area contributed by atoms with Crippen molar-refractivity contribution in [1.82, 2.24) is 0 Å². The van der Waals surface area contributed by atoms with E-state index in [1.807, 2.05) is 6.92 Å². The Morgan fingerprint density at radius 2 is 1.59 bits per heavy atom. The van der Waals surface area contributed by atoms with Gasteiger partial charge in [-0.3, -0.25) is 9.59 Å². The third kappa shape index (κ3) is 1.94. The molecule has 0 heterocycles. The van der Waals surface area contributed by atoms with Crippen LogP contribution in [0.25, 0.3) is 0 Å². The molecule has 0 atom stereocenters. The number of carboxylic acids is 1. The van der Waals surface area contributed by atoms with Crippen LogP contribution in [0.4, 0.5) is 0 Å². The Morgan fingerprint density at radius 3 is 2.12 bits per heavy atom. The van der Waals surface area contributed by atoms with Crippen molar-refractivity contribution in [1.29, 1.82) is 0 Å². The predicted molar refractivity (Wildman–Crippen MR) is 61.5 cm³/mol. The average molecular weight is 240 g/mol. The average Bonchev–Trinajstić information content (AvgIpc) is 2.61. The van der Waals surface area contributed by atoms with Crippen LogP contribution in [0.1, 0.15) is 51.9 Å². The fraction of sp³-hybridized carbons (Fsp3) is 0.846. The maximum absolute atomic E-state index is 12.0. The van der Waals surface area contributed by atoms with E-state index in [1.54, 1.807) is 0 Å². The number of hydrogen-bond acceptors (Lipinski definition) is 3. The van der Waals surface area contributed by atoms with Gasteiger partial charge in [-0.2, -0.15) is 0 Å². The highest BCUT2D eigenvalue weighted by molar-refractivity contribution is 5.79. The zero-order valence-electron chi connectivity index (χ0n) is 10.3. The summed E-state index contributed by atoms with van der Waals surface area (Å²) in [4.78, 5) is 23.4. The Bertz CT molecular complexity index is 326. The maximum Gasteiger partial charge on any atom is 0.312 e. The number of aliphatic carboxylic acids is 1. The molecule has 0 aromatic carbocycles. The normalized spacial score (nSPS) is 36.3. The van der Waals surface area contributed by atoms with E-state index >= 15 is 0 Å². The van der Waals surface area contributed by atoms with Crippen LogP contribution < -0.4 is 0 Å². The lowest BCUT2D eigenvalue weighted by atomic mass is 9.65. The summed E-state index contributed by atoms with van der Waals surface area (Å²) in [6.45, 7) is 2.22. The Hall–Kier alpha value is -1.06. The van der Waals surface area contributed by atoms with Crippen molar-refractivity contribution in [2.45, 2.75) is 51.9 Å². The quantitative estimate of drug-likeness (QED) is 0.769. The molecular weight excluding hydrogens is 220 g/mol. The molecule has 96 valence electrons. The number of carbonyl (C=O) groups excluding carboxylic acids is 1. The summed E-state index contributed by atoms with van der Waals surface area (Å²) in [6, 6.07) is 0. The Balaban J connectivity index is 2.17. The van der Waals surface area contributed by atoms with E-state index in [0.717, 1.165) is 12.8 Å². The van der Waals surface area contributed by atoms with E-state index in [-0.39, 0.29) is 11.4 Å². The van der Waals surface area contributed by atoms with Crippen molar-refractivity contribution in [3.05, 3.63) is 0 Å². The molecule has 3 aliphatic rings. The van der Waals surface area contributed by atoms with Crippen LogP contribution in [0.5, 0.6) is 0 Å². The van der Waals surface area contributed by atoms with Crippen molar-refractivity contribution in [2.75, 3.05) is 6.61 Å². The molecule has 3 rings (SSSR count). The number of carboxylic acid groups (broad SMARTS) is 1. The van der Waals surface area contributed by atoms with Crippen molar-refractivity contribution >= 4 is 11.9 Å². The molecule has 0 radical (unpaired) electrons. The zero-order chi connectivity index (χ0) is 12.5. The first kappa shape index (κ1) is 12.4. The van der Waals surface area contributed by atoms with E-state index in [4.69, 9.17) is 4.74 Å². The molecule has 1 N–H and O–H groups in total. The van der Waals surface area contributed by atoms with Crippen molar-refractivity contribution in [3.63, 3.8) is 0 Å². The molecule has 3 saturated carbocycles. The fourth-order valence-corrected chi connectivity index (χ4v) is 3.38. The summed E-state index contributed by atoms with van der Waals surface area (Å²) >= 11 is 0. The van der Waals surface area contributed by atoms with Gasteiger partial charge < -0.3 is 9.84 Å². The van der Waals surface area contributed by atoms with E-state index in [0.29, 0.717) is 38.7 Å².